The third kappa shape index (κ3) is 59.5. The van der Waals surface area contributed by atoms with Gasteiger partial charge in [-0.2, -0.15) is 0 Å². The zero-order chi connectivity index (χ0) is 45.5. The fourth-order valence-corrected chi connectivity index (χ4v) is 8.86. The summed E-state index contributed by atoms with van der Waals surface area (Å²) in [6, 6.07) is 0. The second-order valence-electron chi connectivity index (χ2n) is 19.5. The van der Waals surface area contributed by atoms with E-state index >= 15 is 0 Å². The summed E-state index contributed by atoms with van der Waals surface area (Å²) >= 11 is 0. The standard InChI is InChI=1S/C40H83N2.C18H38N2.Eu/c1-5-9-12-15-18-21-23-26-27-30-33-36-41(8-4)39-40-42(37-34-31-28-24-20-17-14-11-7-3)38-35-32-29-25-22-19-16-13-10-6-2;1-4-7-8-9-10-11-12-13-14-15-16-19-17-18-20(5-2)6-3;/h4-40H2,1-3H3;19H,2-18H2,1H3;/q-1;-2;+3. The first-order valence-corrected chi connectivity index (χ1v) is 28.9. The Balaban J connectivity index is -0.00000144. The molecule has 1 N–H and O–H groups in total. The summed E-state index contributed by atoms with van der Waals surface area (Å²) in [5.41, 5.74) is 0. The van der Waals surface area contributed by atoms with E-state index in [0.717, 1.165) is 32.7 Å². The van der Waals surface area contributed by atoms with Gasteiger partial charge in [0.25, 0.3) is 0 Å². The van der Waals surface area contributed by atoms with Crippen LogP contribution >= 0.6 is 0 Å². The first-order chi connectivity index (χ1) is 30.6. The molecule has 0 aromatic rings. The molecule has 0 aromatic heterocycles. The zero-order valence-corrected chi connectivity index (χ0v) is 46.8. The van der Waals surface area contributed by atoms with Gasteiger partial charge in [0.15, 0.2) is 0 Å². The van der Waals surface area contributed by atoms with Crippen LogP contribution in [0.5, 0.6) is 0 Å². The number of hydrogen-bond donors (Lipinski definition) is 1. The molecule has 0 heterocycles. The number of nitrogens with zero attached hydrogens (tertiary/aromatic N) is 3. The van der Waals surface area contributed by atoms with Gasteiger partial charge in [-0.15, -0.1) is 19.6 Å². The Labute approximate surface area is 442 Å². The van der Waals surface area contributed by atoms with Crippen molar-refractivity contribution in [2.75, 3.05) is 72.0 Å². The van der Waals surface area contributed by atoms with E-state index in [1.165, 1.54) is 296 Å². The zero-order valence-electron chi connectivity index (χ0n) is 44.4. The van der Waals surface area contributed by atoms with Crippen molar-refractivity contribution in [2.24, 2.45) is 0 Å². The van der Waals surface area contributed by atoms with Crippen LogP contribution in [0.25, 0.3) is 0 Å². The first kappa shape index (κ1) is 68.7. The summed E-state index contributed by atoms with van der Waals surface area (Å²) in [5, 5.41) is 3.51. The Bertz CT molecular complexity index is 748. The summed E-state index contributed by atoms with van der Waals surface area (Å²) in [7, 11) is 0. The molecule has 0 aliphatic rings. The molecule has 4 nitrogen and oxygen atoms in total. The average Bonchev–Trinajstić information content (AvgIpc) is 3.29. The quantitative estimate of drug-likeness (QED) is 0.0484. The van der Waals surface area contributed by atoms with E-state index < -0.39 is 0 Å². The maximum absolute atomic E-state index is 4.29. The van der Waals surface area contributed by atoms with Gasteiger partial charge in [0.05, 0.1) is 0 Å². The van der Waals surface area contributed by atoms with Gasteiger partial charge in [-0.05, 0) is 51.9 Å². The number of unbranched alkanes of at least 4 members (excludes halogenated alkanes) is 36. The molecule has 0 aliphatic heterocycles. The Morgan fingerprint density at radius 3 is 0.762 bits per heavy atom. The molecule has 0 atom stereocenters. The summed E-state index contributed by atoms with van der Waals surface area (Å²) in [6.07, 6.45) is 57.1. The predicted molar refractivity (Wildman–Crippen MR) is 286 cm³/mol. The van der Waals surface area contributed by atoms with Crippen molar-refractivity contribution in [3.63, 3.8) is 0 Å². The number of nitrogens with one attached hydrogen (secondary N) is 1. The minimum atomic E-state index is 0. The van der Waals surface area contributed by atoms with Gasteiger partial charge >= 0.3 is 49.4 Å². The van der Waals surface area contributed by atoms with E-state index in [2.05, 4.69) is 68.5 Å². The molecular formula is C58H121EuN4. The van der Waals surface area contributed by atoms with Crippen molar-refractivity contribution in [1.29, 1.82) is 0 Å². The van der Waals surface area contributed by atoms with Crippen LogP contribution in [0.4, 0.5) is 0 Å². The molecule has 0 spiro atoms. The molecule has 0 amide bonds. The molecule has 0 aliphatic carbocycles. The third-order valence-corrected chi connectivity index (χ3v) is 13.5. The van der Waals surface area contributed by atoms with Crippen molar-refractivity contribution < 1.29 is 49.4 Å². The first-order valence-electron chi connectivity index (χ1n) is 28.9. The van der Waals surface area contributed by atoms with Gasteiger partial charge in [0, 0.05) is 26.2 Å². The maximum Gasteiger partial charge on any atom is 3.00 e. The SMILES string of the molecule is [CH2-]CN(CCCCCCCCCCCCC)CCN(CCCCCCCCCCC)CCCCCCCCCCCC.[CH2-]CN(C[CH2-])CCNCCCCCCCCCCCC.[Eu+3]. The second-order valence-corrected chi connectivity index (χ2v) is 19.5. The van der Waals surface area contributed by atoms with E-state index in [4.69, 9.17) is 0 Å². The van der Waals surface area contributed by atoms with Crippen LogP contribution in [0.3, 0.4) is 0 Å². The molecule has 0 aromatic carbocycles. The molecule has 0 fully saturated rings. The Morgan fingerprint density at radius 1 is 0.238 bits per heavy atom. The number of rotatable bonds is 53. The molecule has 63 heavy (non-hydrogen) atoms. The summed E-state index contributed by atoms with van der Waals surface area (Å²) < 4.78 is 0. The molecule has 380 valence electrons. The molecule has 0 saturated carbocycles. The van der Waals surface area contributed by atoms with Crippen LogP contribution in [-0.4, -0.2) is 86.7 Å². The van der Waals surface area contributed by atoms with Crippen molar-refractivity contribution in [3.8, 4) is 0 Å². The smallest absolute Gasteiger partial charge is 0.362 e. The average molecular weight is 1030 g/mol. The van der Waals surface area contributed by atoms with Crippen molar-refractivity contribution >= 4 is 0 Å². The topological polar surface area (TPSA) is 21.8 Å². The van der Waals surface area contributed by atoms with Crippen LogP contribution in [0, 0.1) is 70.1 Å². The van der Waals surface area contributed by atoms with Gasteiger partial charge in [-0.1, -0.05) is 259 Å². The van der Waals surface area contributed by atoms with Crippen LogP contribution in [-0.2, 0) is 0 Å². The van der Waals surface area contributed by atoms with Gasteiger partial charge in [-0.25, -0.2) is 0 Å². The minimum Gasteiger partial charge on any atom is -0.362 e. The largest absolute Gasteiger partial charge is 3.00 e. The number of hydrogen-bond acceptors (Lipinski definition) is 4. The minimum absolute atomic E-state index is 0. The fourth-order valence-electron chi connectivity index (χ4n) is 8.86. The van der Waals surface area contributed by atoms with E-state index in [0.29, 0.717) is 0 Å². The van der Waals surface area contributed by atoms with Gasteiger partial charge in [-0.3, -0.25) is 0 Å². The molecule has 0 rings (SSSR count). The molecular weight excluding hydrogens is 905 g/mol. The second kappa shape index (κ2) is 63.4. The van der Waals surface area contributed by atoms with E-state index in [-0.39, 0.29) is 49.4 Å². The Morgan fingerprint density at radius 2 is 0.476 bits per heavy atom. The molecule has 0 bridgehead atoms. The van der Waals surface area contributed by atoms with E-state index in [1.54, 1.807) is 0 Å². The monoisotopic (exact) mass is 1030 g/mol. The molecule has 0 saturated heterocycles. The van der Waals surface area contributed by atoms with Crippen molar-refractivity contribution in [1.82, 2.24) is 20.0 Å². The fraction of sp³-hybridized carbons (Fsp3) is 0.948. The summed E-state index contributed by atoms with van der Waals surface area (Å²) in [5.74, 6) is 0. The summed E-state index contributed by atoms with van der Waals surface area (Å²) in [6.45, 7) is 33.7. The Kier molecular flexibility index (Phi) is 69.2. The van der Waals surface area contributed by atoms with Gasteiger partial charge < -0.3 is 40.8 Å². The molecule has 5 heteroatoms. The maximum atomic E-state index is 4.29. The van der Waals surface area contributed by atoms with Gasteiger partial charge in [0.1, 0.15) is 0 Å². The van der Waals surface area contributed by atoms with Crippen molar-refractivity contribution in [2.45, 2.75) is 285 Å². The van der Waals surface area contributed by atoms with Crippen LogP contribution in [0.2, 0.25) is 0 Å². The molecule has 0 unspecified atom stereocenters. The Hall–Kier alpha value is 1.42. The summed E-state index contributed by atoms with van der Waals surface area (Å²) in [4.78, 5) is 7.70. The normalized spacial score (nSPS) is 11.5. The van der Waals surface area contributed by atoms with Gasteiger partial charge in [0.2, 0.25) is 0 Å². The molecule has 0 radical (unpaired) electrons. The van der Waals surface area contributed by atoms with E-state index in [1.807, 2.05) is 0 Å². The third-order valence-electron chi connectivity index (χ3n) is 13.5. The van der Waals surface area contributed by atoms with Crippen LogP contribution in [0.1, 0.15) is 285 Å². The van der Waals surface area contributed by atoms with Crippen molar-refractivity contribution in [3.05, 3.63) is 20.8 Å². The van der Waals surface area contributed by atoms with E-state index in [9.17, 15) is 0 Å². The van der Waals surface area contributed by atoms with Crippen LogP contribution < -0.4 is 5.32 Å². The predicted octanol–water partition coefficient (Wildman–Crippen LogP) is 17.7. The van der Waals surface area contributed by atoms with Crippen LogP contribution in [0.15, 0.2) is 0 Å².